The van der Waals surface area contributed by atoms with E-state index in [9.17, 15) is 9.59 Å². The van der Waals surface area contributed by atoms with Crippen LogP contribution < -0.4 is 5.32 Å². The number of halogens is 2. The lowest BCUT2D eigenvalue weighted by Gasteiger charge is -2.36. The summed E-state index contributed by atoms with van der Waals surface area (Å²) in [7, 11) is 0. The van der Waals surface area contributed by atoms with E-state index in [4.69, 9.17) is 16.7 Å². The first-order chi connectivity index (χ1) is 8.47. The molecule has 0 atom stereocenters. The highest BCUT2D eigenvalue weighted by Gasteiger charge is 2.35. The van der Waals surface area contributed by atoms with Crippen LogP contribution in [0.15, 0.2) is 22.7 Å². The minimum atomic E-state index is -0.874. The highest BCUT2D eigenvalue weighted by atomic mass is 79.9. The lowest BCUT2D eigenvalue weighted by molar-refractivity contribution is -0.145. The van der Waals surface area contributed by atoms with Crippen LogP contribution in [0.5, 0.6) is 0 Å². The molecule has 0 bridgehead atoms. The predicted octanol–water partition coefficient (Wildman–Crippen LogP) is 2.65. The number of carbonyl (C=O) groups is 2. The molecule has 1 heterocycles. The molecule has 1 aliphatic heterocycles. The van der Waals surface area contributed by atoms with Gasteiger partial charge in [0, 0.05) is 17.6 Å². The summed E-state index contributed by atoms with van der Waals surface area (Å²) in [5.74, 6) is -1.34. The third-order valence-electron chi connectivity index (χ3n) is 2.69. The number of carboxylic acid groups (broad SMARTS) is 1. The molecular formula is C11H10BrClN2O3. The number of urea groups is 1. The Hall–Kier alpha value is -1.27. The van der Waals surface area contributed by atoms with Crippen LogP contribution in [0.25, 0.3) is 0 Å². The number of nitrogens with zero attached hydrogens (tertiary/aromatic N) is 1. The van der Waals surface area contributed by atoms with Gasteiger partial charge in [-0.2, -0.15) is 0 Å². The van der Waals surface area contributed by atoms with Crippen molar-refractivity contribution in [1.29, 1.82) is 0 Å². The van der Waals surface area contributed by atoms with Crippen LogP contribution in [0.2, 0.25) is 5.02 Å². The molecule has 1 aliphatic rings. The van der Waals surface area contributed by atoms with E-state index in [1.54, 1.807) is 18.2 Å². The monoisotopic (exact) mass is 332 g/mol. The zero-order valence-corrected chi connectivity index (χ0v) is 11.5. The predicted molar refractivity (Wildman–Crippen MR) is 70.9 cm³/mol. The first-order valence-electron chi connectivity index (χ1n) is 5.21. The number of hydrogen-bond donors (Lipinski definition) is 2. The number of carboxylic acids is 1. The van der Waals surface area contributed by atoms with Crippen LogP contribution in [0.1, 0.15) is 0 Å². The Morgan fingerprint density at radius 2 is 2.11 bits per heavy atom. The number of benzene rings is 1. The van der Waals surface area contributed by atoms with Gasteiger partial charge >= 0.3 is 12.0 Å². The van der Waals surface area contributed by atoms with Gasteiger partial charge < -0.3 is 15.3 Å². The van der Waals surface area contributed by atoms with Gasteiger partial charge in [-0.3, -0.25) is 4.79 Å². The van der Waals surface area contributed by atoms with E-state index in [-0.39, 0.29) is 19.1 Å². The first-order valence-corrected chi connectivity index (χ1v) is 6.38. The van der Waals surface area contributed by atoms with Crippen LogP contribution >= 0.6 is 27.5 Å². The van der Waals surface area contributed by atoms with E-state index in [1.165, 1.54) is 4.90 Å². The SMILES string of the molecule is O=C(O)C1CN(C(=O)Nc2ccc(Br)cc2Cl)C1. The largest absolute Gasteiger partial charge is 0.481 e. The van der Waals surface area contributed by atoms with E-state index in [0.717, 1.165) is 4.47 Å². The third kappa shape index (κ3) is 2.76. The van der Waals surface area contributed by atoms with Crippen molar-refractivity contribution in [3.8, 4) is 0 Å². The molecule has 0 aliphatic carbocycles. The smallest absolute Gasteiger partial charge is 0.321 e. The van der Waals surface area contributed by atoms with Gasteiger partial charge in [-0.1, -0.05) is 27.5 Å². The first kappa shape index (κ1) is 13.2. The number of rotatable bonds is 2. The molecule has 1 aromatic rings. The molecule has 0 spiro atoms. The highest BCUT2D eigenvalue weighted by molar-refractivity contribution is 9.10. The molecule has 0 saturated carbocycles. The minimum Gasteiger partial charge on any atom is -0.481 e. The molecule has 1 saturated heterocycles. The Labute approximate surface area is 117 Å². The number of nitrogens with one attached hydrogen (secondary N) is 1. The maximum Gasteiger partial charge on any atom is 0.321 e. The van der Waals surface area contributed by atoms with E-state index < -0.39 is 11.9 Å². The van der Waals surface area contributed by atoms with E-state index in [0.29, 0.717) is 10.7 Å². The second-order valence-corrected chi connectivity index (χ2v) is 5.32. The molecule has 1 fully saturated rings. The van der Waals surface area contributed by atoms with Gasteiger partial charge in [0.2, 0.25) is 0 Å². The second kappa shape index (κ2) is 5.16. The number of anilines is 1. The molecule has 1 aromatic carbocycles. The molecule has 2 amide bonds. The fourth-order valence-electron chi connectivity index (χ4n) is 1.59. The van der Waals surface area contributed by atoms with E-state index >= 15 is 0 Å². The Kier molecular flexibility index (Phi) is 3.77. The topological polar surface area (TPSA) is 69.6 Å². The fourth-order valence-corrected chi connectivity index (χ4v) is 2.31. The van der Waals surface area contributed by atoms with Crippen molar-refractivity contribution in [3.63, 3.8) is 0 Å². The summed E-state index contributed by atoms with van der Waals surface area (Å²) in [4.78, 5) is 23.8. The van der Waals surface area contributed by atoms with Crippen molar-refractivity contribution in [1.82, 2.24) is 4.90 Å². The van der Waals surface area contributed by atoms with Crippen molar-refractivity contribution < 1.29 is 14.7 Å². The highest BCUT2D eigenvalue weighted by Crippen LogP contribution is 2.26. The number of aliphatic carboxylic acids is 1. The summed E-state index contributed by atoms with van der Waals surface area (Å²) in [6.07, 6.45) is 0. The third-order valence-corrected chi connectivity index (χ3v) is 3.50. The van der Waals surface area contributed by atoms with Crippen molar-refractivity contribution in [2.75, 3.05) is 18.4 Å². The van der Waals surface area contributed by atoms with Crippen molar-refractivity contribution >= 4 is 45.2 Å². The van der Waals surface area contributed by atoms with E-state index in [2.05, 4.69) is 21.2 Å². The minimum absolute atomic E-state index is 0.231. The average Bonchev–Trinajstić information content (AvgIpc) is 2.19. The molecule has 7 heteroatoms. The molecule has 0 aromatic heterocycles. The lowest BCUT2D eigenvalue weighted by Crippen LogP contribution is -2.54. The number of hydrogen-bond acceptors (Lipinski definition) is 2. The summed E-state index contributed by atoms with van der Waals surface area (Å²) >= 11 is 9.23. The zero-order valence-electron chi connectivity index (χ0n) is 9.19. The van der Waals surface area contributed by atoms with Crippen LogP contribution in [0.3, 0.4) is 0 Å². The fraction of sp³-hybridized carbons (Fsp3) is 0.273. The van der Waals surface area contributed by atoms with Crippen molar-refractivity contribution in [2.24, 2.45) is 5.92 Å². The molecule has 2 rings (SSSR count). The summed E-state index contributed by atoms with van der Waals surface area (Å²) in [6.45, 7) is 0.463. The van der Waals surface area contributed by atoms with Gasteiger partial charge in [-0.15, -0.1) is 0 Å². The summed E-state index contributed by atoms with van der Waals surface area (Å²) in [5.41, 5.74) is 0.503. The van der Waals surface area contributed by atoms with Crippen LogP contribution in [0, 0.1) is 5.92 Å². The maximum absolute atomic E-state index is 11.8. The van der Waals surface area contributed by atoms with Crippen molar-refractivity contribution in [3.05, 3.63) is 27.7 Å². The standard InChI is InChI=1S/C11H10BrClN2O3/c12-7-1-2-9(8(13)3-7)14-11(18)15-4-6(5-15)10(16)17/h1-3,6H,4-5H2,(H,14,18)(H,16,17). The number of carbonyl (C=O) groups excluding carboxylic acids is 1. The van der Waals surface area contributed by atoms with Crippen LogP contribution in [-0.2, 0) is 4.79 Å². The molecule has 96 valence electrons. The molecule has 2 N–H and O–H groups in total. The quantitative estimate of drug-likeness (QED) is 0.874. The van der Waals surface area contributed by atoms with Gasteiger partial charge in [-0.25, -0.2) is 4.79 Å². The van der Waals surface area contributed by atoms with E-state index in [1.807, 2.05) is 0 Å². The van der Waals surface area contributed by atoms with Gasteiger partial charge in [-0.05, 0) is 18.2 Å². The lowest BCUT2D eigenvalue weighted by atomic mass is 10.0. The maximum atomic E-state index is 11.8. The normalized spacial score (nSPS) is 15.1. The molecule has 18 heavy (non-hydrogen) atoms. The molecule has 5 nitrogen and oxygen atoms in total. The average molecular weight is 334 g/mol. The molecular weight excluding hydrogens is 323 g/mol. The van der Waals surface area contributed by atoms with Crippen molar-refractivity contribution in [2.45, 2.75) is 0 Å². The molecule has 0 unspecified atom stereocenters. The molecule has 0 radical (unpaired) electrons. The Morgan fingerprint density at radius 1 is 1.44 bits per heavy atom. The Balaban J connectivity index is 1.94. The van der Waals surface area contributed by atoms with Gasteiger partial charge in [0.25, 0.3) is 0 Å². The number of likely N-dealkylation sites (tertiary alicyclic amines) is 1. The summed E-state index contributed by atoms with van der Waals surface area (Å²) in [5, 5.41) is 11.8. The van der Waals surface area contributed by atoms with Gasteiger partial charge in [0.15, 0.2) is 0 Å². The second-order valence-electron chi connectivity index (χ2n) is 3.99. The Morgan fingerprint density at radius 3 is 2.67 bits per heavy atom. The summed E-state index contributed by atoms with van der Waals surface area (Å²) in [6, 6.07) is 4.78. The van der Waals surface area contributed by atoms with Crippen LogP contribution in [0.4, 0.5) is 10.5 Å². The van der Waals surface area contributed by atoms with Gasteiger partial charge in [0.05, 0.1) is 16.6 Å². The Bertz CT molecular complexity index is 503. The zero-order chi connectivity index (χ0) is 13.3. The number of amides is 2. The van der Waals surface area contributed by atoms with Gasteiger partial charge in [0.1, 0.15) is 0 Å². The van der Waals surface area contributed by atoms with Crippen LogP contribution in [-0.4, -0.2) is 35.1 Å². The summed E-state index contributed by atoms with van der Waals surface area (Å²) < 4.78 is 0.820.